The maximum Gasteiger partial charge on any atom is 0.264 e. The van der Waals surface area contributed by atoms with Gasteiger partial charge in [0.05, 0.1) is 22.7 Å². The Balaban J connectivity index is 2.09. The van der Waals surface area contributed by atoms with E-state index in [1.54, 1.807) is 50.2 Å². The molecule has 2 amide bonds. The van der Waals surface area contributed by atoms with E-state index in [4.69, 9.17) is 27.9 Å². The standard InChI is InChI=1S/C28H31Cl2N3O5S/c1-4-25(28(35)31-5-2)32(18-20-10-9-11-22(16-20)38-3)27(34)19-33(26-15-14-21(29)17-24(26)30)39(36,37)23-12-7-6-8-13-23/h6-17,25H,4-5,18-19H2,1-3H3,(H,31,35)/t25-/m0/s1. The Hall–Kier alpha value is -3.27. The zero-order valence-electron chi connectivity index (χ0n) is 21.9. The molecule has 8 nitrogen and oxygen atoms in total. The van der Waals surface area contributed by atoms with Crippen LogP contribution in [0.3, 0.4) is 0 Å². The molecule has 0 bridgehead atoms. The highest BCUT2D eigenvalue weighted by Crippen LogP contribution is 2.33. The van der Waals surface area contributed by atoms with Crippen LogP contribution in [0.25, 0.3) is 0 Å². The van der Waals surface area contributed by atoms with Gasteiger partial charge in [0.1, 0.15) is 18.3 Å². The molecule has 1 N–H and O–H groups in total. The number of benzene rings is 3. The number of carbonyl (C=O) groups excluding carboxylic acids is 2. The Morgan fingerprint density at radius 3 is 2.31 bits per heavy atom. The highest BCUT2D eigenvalue weighted by atomic mass is 35.5. The first-order valence-corrected chi connectivity index (χ1v) is 14.5. The van der Waals surface area contributed by atoms with Crippen molar-refractivity contribution in [2.24, 2.45) is 0 Å². The zero-order valence-corrected chi connectivity index (χ0v) is 24.3. The second kappa shape index (κ2) is 13.7. The number of hydrogen-bond donors (Lipinski definition) is 1. The van der Waals surface area contributed by atoms with Gasteiger partial charge in [-0.3, -0.25) is 13.9 Å². The lowest BCUT2D eigenvalue weighted by atomic mass is 10.1. The third-order valence-electron chi connectivity index (χ3n) is 6.01. The fourth-order valence-electron chi connectivity index (χ4n) is 4.10. The van der Waals surface area contributed by atoms with Gasteiger partial charge in [0.25, 0.3) is 10.0 Å². The SMILES string of the molecule is CCNC(=O)[C@H](CC)N(Cc1cccc(OC)c1)C(=O)CN(c1ccc(Cl)cc1Cl)S(=O)(=O)c1ccccc1. The van der Waals surface area contributed by atoms with Crippen LogP contribution in [0.15, 0.2) is 77.7 Å². The molecule has 1 atom stereocenters. The van der Waals surface area contributed by atoms with E-state index in [-0.39, 0.29) is 28.1 Å². The van der Waals surface area contributed by atoms with E-state index >= 15 is 0 Å². The Morgan fingerprint density at radius 1 is 0.974 bits per heavy atom. The van der Waals surface area contributed by atoms with Crippen LogP contribution < -0.4 is 14.4 Å². The molecule has 0 aromatic heterocycles. The van der Waals surface area contributed by atoms with Crippen molar-refractivity contribution in [1.82, 2.24) is 10.2 Å². The minimum Gasteiger partial charge on any atom is -0.497 e. The summed E-state index contributed by atoms with van der Waals surface area (Å²) in [5, 5.41) is 3.15. The number of methoxy groups -OCH3 is 1. The molecule has 0 unspecified atom stereocenters. The molecule has 0 saturated heterocycles. The van der Waals surface area contributed by atoms with Gasteiger partial charge < -0.3 is 15.0 Å². The maximum absolute atomic E-state index is 14.0. The molecular weight excluding hydrogens is 561 g/mol. The lowest BCUT2D eigenvalue weighted by molar-refractivity contribution is -0.140. The second-order valence-corrected chi connectivity index (χ2v) is 11.3. The molecule has 3 rings (SSSR count). The molecule has 3 aromatic carbocycles. The fourth-order valence-corrected chi connectivity index (χ4v) is 6.11. The molecule has 11 heteroatoms. The number of halogens is 2. The summed E-state index contributed by atoms with van der Waals surface area (Å²) < 4.78 is 33.9. The van der Waals surface area contributed by atoms with Crippen LogP contribution >= 0.6 is 23.2 Å². The molecule has 3 aromatic rings. The molecule has 0 aliphatic heterocycles. The average Bonchev–Trinajstić information content (AvgIpc) is 2.92. The lowest BCUT2D eigenvalue weighted by Gasteiger charge is -2.33. The third kappa shape index (κ3) is 7.44. The Morgan fingerprint density at radius 2 is 1.69 bits per heavy atom. The van der Waals surface area contributed by atoms with Gasteiger partial charge in [-0.15, -0.1) is 0 Å². The highest BCUT2D eigenvalue weighted by Gasteiger charge is 2.34. The molecular formula is C28H31Cl2N3O5S. The van der Waals surface area contributed by atoms with Gasteiger partial charge in [0, 0.05) is 18.1 Å². The number of nitrogens with zero attached hydrogens (tertiary/aromatic N) is 2. The summed E-state index contributed by atoms with van der Waals surface area (Å²) in [5.74, 6) is -0.327. The van der Waals surface area contributed by atoms with Crippen LogP contribution in [0, 0.1) is 0 Å². The number of likely N-dealkylation sites (N-methyl/N-ethyl adjacent to an activating group) is 1. The normalized spacial score (nSPS) is 11.9. The summed E-state index contributed by atoms with van der Waals surface area (Å²) >= 11 is 12.5. The number of amides is 2. The summed E-state index contributed by atoms with van der Waals surface area (Å²) in [4.78, 5) is 28.4. The minimum absolute atomic E-state index is 0.0149. The van der Waals surface area contributed by atoms with E-state index in [1.807, 2.05) is 6.07 Å². The number of nitrogens with one attached hydrogen (secondary N) is 1. The van der Waals surface area contributed by atoms with E-state index in [1.165, 1.54) is 42.3 Å². The van der Waals surface area contributed by atoms with Crippen LogP contribution in [0.1, 0.15) is 25.8 Å². The number of sulfonamides is 1. The van der Waals surface area contributed by atoms with Crippen molar-refractivity contribution in [3.8, 4) is 5.75 Å². The average molecular weight is 593 g/mol. The summed E-state index contributed by atoms with van der Waals surface area (Å²) in [5.41, 5.74) is 0.804. The maximum atomic E-state index is 14.0. The van der Waals surface area contributed by atoms with Crippen LogP contribution in [0.4, 0.5) is 5.69 Å². The van der Waals surface area contributed by atoms with E-state index in [2.05, 4.69) is 5.32 Å². The Kier molecular flexibility index (Phi) is 10.6. The van der Waals surface area contributed by atoms with Gasteiger partial charge in [-0.1, -0.05) is 60.5 Å². The molecule has 0 saturated carbocycles. The molecule has 0 spiro atoms. The van der Waals surface area contributed by atoms with Crippen LogP contribution in [-0.2, 0) is 26.2 Å². The molecule has 208 valence electrons. The summed E-state index contributed by atoms with van der Waals surface area (Å²) in [7, 11) is -2.69. The van der Waals surface area contributed by atoms with E-state index in [0.717, 1.165) is 4.31 Å². The van der Waals surface area contributed by atoms with Gasteiger partial charge in [-0.25, -0.2) is 8.42 Å². The first kappa shape index (κ1) is 30.3. The van der Waals surface area contributed by atoms with Crippen LogP contribution in [0.2, 0.25) is 10.0 Å². The largest absolute Gasteiger partial charge is 0.497 e. The number of ether oxygens (including phenoxy) is 1. The highest BCUT2D eigenvalue weighted by molar-refractivity contribution is 7.92. The number of carbonyl (C=O) groups is 2. The summed E-state index contributed by atoms with van der Waals surface area (Å²) in [6.45, 7) is 3.42. The zero-order chi connectivity index (χ0) is 28.6. The van der Waals surface area contributed by atoms with E-state index in [0.29, 0.717) is 29.3 Å². The van der Waals surface area contributed by atoms with Gasteiger partial charge in [-0.05, 0) is 61.4 Å². The first-order valence-electron chi connectivity index (χ1n) is 12.3. The monoisotopic (exact) mass is 591 g/mol. The molecule has 0 radical (unpaired) electrons. The molecule has 0 aliphatic carbocycles. The summed E-state index contributed by atoms with van der Waals surface area (Å²) in [6.07, 6.45) is 0.314. The van der Waals surface area contributed by atoms with E-state index in [9.17, 15) is 18.0 Å². The van der Waals surface area contributed by atoms with Crippen molar-refractivity contribution in [2.75, 3.05) is 24.5 Å². The quantitative estimate of drug-likeness (QED) is 0.314. The van der Waals surface area contributed by atoms with Gasteiger partial charge in [0.2, 0.25) is 11.8 Å². The predicted molar refractivity (Wildman–Crippen MR) is 154 cm³/mol. The first-order chi connectivity index (χ1) is 18.6. The topological polar surface area (TPSA) is 96.0 Å². The smallest absolute Gasteiger partial charge is 0.264 e. The van der Waals surface area contributed by atoms with Crippen molar-refractivity contribution >= 4 is 50.7 Å². The van der Waals surface area contributed by atoms with Crippen molar-refractivity contribution in [3.05, 3.63) is 88.4 Å². The van der Waals surface area contributed by atoms with Crippen molar-refractivity contribution in [2.45, 2.75) is 37.8 Å². The van der Waals surface area contributed by atoms with Crippen LogP contribution in [0.5, 0.6) is 5.75 Å². The molecule has 0 fully saturated rings. The van der Waals surface area contributed by atoms with Crippen LogP contribution in [-0.4, -0.2) is 51.4 Å². The second-order valence-electron chi connectivity index (χ2n) is 8.61. The molecule has 0 heterocycles. The molecule has 0 aliphatic rings. The van der Waals surface area contributed by atoms with E-state index < -0.39 is 28.5 Å². The predicted octanol–water partition coefficient (Wildman–Crippen LogP) is 5.14. The Labute approximate surface area is 239 Å². The third-order valence-corrected chi connectivity index (χ3v) is 8.32. The number of rotatable bonds is 12. The summed E-state index contributed by atoms with van der Waals surface area (Å²) in [6, 6.07) is 18.4. The Bertz CT molecular complexity index is 1400. The minimum atomic E-state index is -4.23. The van der Waals surface area contributed by atoms with Gasteiger partial charge >= 0.3 is 0 Å². The van der Waals surface area contributed by atoms with Gasteiger partial charge in [-0.2, -0.15) is 0 Å². The van der Waals surface area contributed by atoms with Crippen molar-refractivity contribution < 1.29 is 22.7 Å². The van der Waals surface area contributed by atoms with Crippen molar-refractivity contribution in [3.63, 3.8) is 0 Å². The van der Waals surface area contributed by atoms with Crippen molar-refractivity contribution in [1.29, 1.82) is 0 Å². The number of anilines is 1. The van der Waals surface area contributed by atoms with Gasteiger partial charge in [0.15, 0.2) is 0 Å². The lowest BCUT2D eigenvalue weighted by Crippen LogP contribution is -2.52. The molecule has 39 heavy (non-hydrogen) atoms. The number of hydrogen-bond acceptors (Lipinski definition) is 5. The fraction of sp³-hybridized carbons (Fsp3) is 0.286.